The Morgan fingerprint density at radius 2 is 1.82 bits per heavy atom. The van der Waals surface area contributed by atoms with E-state index >= 15 is 0 Å². The van der Waals surface area contributed by atoms with E-state index in [9.17, 15) is 4.79 Å². The second-order valence-electron chi connectivity index (χ2n) is 5.24. The van der Waals surface area contributed by atoms with Crippen LogP contribution in [0.25, 0.3) is 0 Å². The van der Waals surface area contributed by atoms with Crippen molar-refractivity contribution in [3.05, 3.63) is 65.2 Å². The molecular weight excluding hydrogens is 274 g/mol. The second kappa shape index (κ2) is 8.23. The lowest BCUT2D eigenvalue weighted by Crippen LogP contribution is -2.13. The zero-order valence-electron chi connectivity index (χ0n) is 13.3. The van der Waals surface area contributed by atoms with Gasteiger partial charge in [0.2, 0.25) is 0 Å². The summed E-state index contributed by atoms with van der Waals surface area (Å²) in [5.41, 5.74) is 4.67. The first-order valence-corrected chi connectivity index (χ1v) is 7.82. The SMILES string of the molecule is CCCc1cc(NC(=O)OCC)ccc1Cc1ccccc1. The standard InChI is InChI=1S/C19H23NO2/c1-3-8-16-14-18(20-19(21)22-4-2)12-11-17(16)13-15-9-6-5-7-10-15/h5-7,9-12,14H,3-4,8,13H2,1-2H3,(H,20,21). The van der Waals surface area contributed by atoms with Crippen molar-refractivity contribution in [2.45, 2.75) is 33.1 Å². The van der Waals surface area contributed by atoms with E-state index in [-0.39, 0.29) is 0 Å². The normalized spacial score (nSPS) is 10.3. The van der Waals surface area contributed by atoms with Crippen molar-refractivity contribution in [1.29, 1.82) is 0 Å². The van der Waals surface area contributed by atoms with Crippen molar-refractivity contribution in [1.82, 2.24) is 0 Å². The Labute approximate surface area is 132 Å². The van der Waals surface area contributed by atoms with Crippen LogP contribution in [0.1, 0.15) is 37.0 Å². The van der Waals surface area contributed by atoms with Crippen LogP contribution in [0.3, 0.4) is 0 Å². The first kappa shape index (κ1) is 16.1. The fraction of sp³-hybridized carbons (Fsp3) is 0.316. The number of carbonyl (C=O) groups is 1. The van der Waals surface area contributed by atoms with Crippen molar-refractivity contribution in [2.24, 2.45) is 0 Å². The molecule has 0 saturated carbocycles. The monoisotopic (exact) mass is 297 g/mol. The molecule has 116 valence electrons. The smallest absolute Gasteiger partial charge is 0.411 e. The average Bonchev–Trinajstić information content (AvgIpc) is 2.51. The van der Waals surface area contributed by atoms with Crippen LogP contribution >= 0.6 is 0 Å². The Balaban J connectivity index is 2.18. The zero-order valence-corrected chi connectivity index (χ0v) is 13.3. The molecule has 0 aliphatic carbocycles. The van der Waals surface area contributed by atoms with E-state index < -0.39 is 6.09 Å². The van der Waals surface area contributed by atoms with Gasteiger partial charge in [-0.3, -0.25) is 5.32 Å². The van der Waals surface area contributed by atoms with Crippen LogP contribution in [0.4, 0.5) is 10.5 Å². The number of carbonyl (C=O) groups excluding carboxylic acids is 1. The lowest BCUT2D eigenvalue weighted by molar-refractivity contribution is 0.168. The molecule has 0 fully saturated rings. The van der Waals surface area contributed by atoms with Gasteiger partial charge in [0.1, 0.15) is 0 Å². The van der Waals surface area contributed by atoms with Gasteiger partial charge in [-0.2, -0.15) is 0 Å². The third kappa shape index (κ3) is 4.62. The number of amides is 1. The van der Waals surface area contributed by atoms with Gasteiger partial charge in [0.15, 0.2) is 0 Å². The minimum atomic E-state index is -0.402. The number of aryl methyl sites for hydroxylation is 1. The first-order chi connectivity index (χ1) is 10.7. The fourth-order valence-corrected chi connectivity index (χ4v) is 2.48. The lowest BCUT2D eigenvalue weighted by Gasteiger charge is -2.12. The number of anilines is 1. The van der Waals surface area contributed by atoms with Crippen LogP contribution in [0, 0.1) is 0 Å². The van der Waals surface area contributed by atoms with E-state index in [1.807, 2.05) is 12.1 Å². The molecule has 3 heteroatoms. The van der Waals surface area contributed by atoms with Gasteiger partial charge in [0.25, 0.3) is 0 Å². The van der Waals surface area contributed by atoms with E-state index in [0.29, 0.717) is 6.61 Å². The summed E-state index contributed by atoms with van der Waals surface area (Å²) in [6.07, 6.45) is 2.59. The summed E-state index contributed by atoms with van der Waals surface area (Å²) >= 11 is 0. The van der Waals surface area contributed by atoms with E-state index in [0.717, 1.165) is 24.9 Å². The van der Waals surface area contributed by atoms with Crippen molar-refractivity contribution >= 4 is 11.8 Å². The van der Waals surface area contributed by atoms with Crippen molar-refractivity contribution in [2.75, 3.05) is 11.9 Å². The first-order valence-electron chi connectivity index (χ1n) is 7.82. The van der Waals surface area contributed by atoms with Crippen LogP contribution in [0.2, 0.25) is 0 Å². The lowest BCUT2D eigenvalue weighted by atomic mass is 9.96. The Morgan fingerprint density at radius 3 is 2.50 bits per heavy atom. The molecule has 0 aliphatic rings. The number of hydrogen-bond donors (Lipinski definition) is 1. The molecule has 0 atom stereocenters. The van der Waals surface area contributed by atoms with E-state index in [4.69, 9.17) is 4.74 Å². The number of nitrogens with one attached hydrogen (secondary N) is 1. The highest BCUT2D eigenvalue weighted by atomic mass is 16.5. The predicted octanol–water partition coefficient (Wildman–Crippen LogP) is 4.80. The highest BCUT2D eigenvalue weighted by Crippen LogP contribution is 2.21. The molecule has 0 radical (unpaired) electrons. The topological polar surface area (TPSA) is 38.3 Å². The quantitative estimate of drug-likeness (QED) is 0.832. The van der Waals surface area contributed by atoms with Gasteiger partial charge in [-0.25, -0.2) is 4.79 Å². The highest BCUT2D eigenvalue weighted by Gasteiger charge is 2.07. The molecule has 22 heavy (non-hydrogen) atoms. The van der Waals surface area contributed by atoms with Crippen LogP contribution in [0.5, 0.6) is 0 Å². The molecule has 2 aromatic carbocycles. The number of ether oxygens (including phenoxy) is 1. The third-order valence-electron chi connectivity index (χ3n) is 3.48. The Morgan fingerprint density at radius 1 is 1.05 bits per heavy atom. The molecule has 0 heterocycles. The third-order valence-corrected chi connectivity index (χ3v) is 3.48. The van der Waals surface area contributed by atoms with Gasteiger partial charge in [-0.1, -0.05) is 49.7 Å². The largest absolute Gasteiger partial charge is 0.450 e. The van der Waals surface area contributed by atoms with Crippen molar-refractivity contribution in [3.63, 3.8) is 0 Å². The fourth-order valence-electron chi connectivity index (χ4n) is 2.48. The summed E-state index contributed by atoms with van der Waals surface area (Å²) in [5, 5.41) is 2.77. The Bertz CT molecular complexity index is 608. The molecule has 0 saturated heterocycles. The van der Waals surface area contributed by atoms with Crippen LogP contribution < -0.4 is 5.32 Å². The van der Waals surface area contributed by atoms with Crippen LogP contribution in [-0.4, -0.2) is 12.7 Å². The minimum Gasteiger partial charge on any atom is -0.450 e. The summed E-state index contributed by atoms with van der Waals surface area (Å²) in [5.74, 6) is 0. The summed E-state index contributed by atoms with van der Waals surface area (Å²) in [6.45, 7) is 4.34. The summed E-state index contributed by atoms with van der Waals surface area (Å²) in [7, 11) is 0. The molecule has 0 aliphatic heterocycles. The summed E-state index contributed by atoms with van der Waals surface area (Å²) in [4.78, 5) is 11.5. The van der Waals surface area contributed by atoms with E-state index in [2.05, 4.69) is 48.6 Å². The van der Waals surface area contributed by atoms with Gasteiger partial charge in [0, 0.05) is 5.69 Å². The summed E-state index contributed by atoms with van der Waals surface area (Å²) < 4.78 is 4.92. The maximum absolute atomic E-state index is 11.5. The number of benzene rings is 2. The molecule has 0 spiro atoms. The Kier molecular flexibility index (Phi) is 6.01. The van der Waals surface area contributed by atoms with Gasteiger partial charge < -0.3 is 4.74 Å². The second-order valence-corrected chi connectivity index (χ2v) is 5.24. The Hall–Kier alpha value is -2.29. The zero-order chi connectivity index (χ0) is 15.8. The van der Waals surface area contributed by atoms with Gasteiger partial charge in [-0.05, 0) is 48.6 Å². The molecular formula is C19H23NO2. The molecule has 1 N–H and O–H groups in total. The number of rotatable bonds is 6. The van der Waals surface area contributed by atoms with Crippen molar-refractivity contribution < 1.29 is 9.53 Å². The van der Waals surface area contributed by atoms with Gasteiger partial charge in [0.05, 0.1) is 6.61 Å². The van der Waals surface area contributed by atoms with E-state index in [1.165, 1.54) is 16.7 Å². The predicted molar refractivity (Wildman–Crippen MR) is 90.3 cm³/mol. The van der Waals surface area contributed by atoms with Crippen LogP contribution in [0.15, 0.2) is 48.5 Å². The minimum absolute atomic E-state index is 0.375. The molecule has 2 rings (SSSR count). The van der Waals surface area contributed by atoms with Crippen LogP contribution in [-0.2, 0) is 17.6 Å². The summed E-state index contributed by atoms with van der Waals surface area (Å²) in [6, 6.07) is 16.5. The van der Waals surface area contributed by atoms with Crippen molar-refractivity contribution in [3.8, 4) is 0 Å². The molecule has 0 bridgehead atoms. The maximum Gasteiger partial charge on any atom is 0.411 e. The molecule has 2 aromatic rings. The maximum atomic E-state index is 11.5. The van der Waals surface area contributed by atoms with Gasteiger partial charge in [-0.15, -0.1) is 0 Å². The molecule has 1 amide bonds. The molecule has 3 nitrogen and oxygen atoms in total. The van der Waals surface area contributed by atoms with Gasteiger partial charge >= 0.3 is 6.09 Å². The molecule has 0 aromatic heterocycles. The van der Waals surface area contributed by atoms with E-state index in [1.54, 1.807) is 6.92 Å². The highest BCUT2D eigenvalue weighted by molar-refractivity contribution is 5.84. The average molecular weight is 297 g/mol. The number of hydrogen-bond acceptors (Lipinski definition) is 2. The molecule has 0 unspecified atom stereocenters.